The molecule has 0 saturated carbocycles. The molecule has 396 valence electrons. The molecular formula is C64H104O6. The zero-order chi connectivity index (χ0) is 50.7. The van der Waals surface area contributed by atoms with Crippen LogP contribution < -0.4 is 0 Å². The number of ether oxygens (including phenoxy) is 3. The molecule has 0 aliphatic rings. The van der Waals surface area contributed by atoms with Gasteiger partial charge in [0.25, 0.3) is 0 Å². The molecule has 1 atom stereocenters. The summed E-state index contributed by atoms with van der Waals surface area (Å²) in [6.45, 7) is 6.39. The second-order valence-electron chi connectivity index (χ2n) is 18.5. The van der Waals surface area contributed by atoms with Crippen LogP contribution in [0.2, 0.25) is 0 Å². The van der Waals surface area contributed by atoms with Crippen LogP contribution in [0.1, 0.15) is 245 Å². The molecule has 0 aromatic carbocycles. The quantitative estimate of drug-likeness (QED) is 0.0262. The van der Waals surface area contributed by atoms with E-state index in [9.17, 15) is 14.4 Å². The first-order valence-corrected chi connectivity index (χ1v) is 28.5. The topological polar surface area (TPSA) is 78.9 Å². The Morgan fingerprint density at radius 1 is 0.300 bits per heavy atom. The highest BCUT2D eigenvalue weighted by Crippen LogP contribution is 2.13. The van der Waals surface area contributed by atoms with Crippen LogP contribution in [0.25, 0.3) is 0 Å². The Labute approximate surface area is 431 Å². The fourth-order valence-corrected chi connectivity index (χ4v) is 7.39. The minimum absolute atomic E-state index is 0.102. The second kappa shape index (κ2) is 57.4. The molecule has 70 heavy (non-hydrogen) atoms. The molecule has 1 unspecified atom stereocenters. The summed E-state index contributed by atoms with van der Waals surface area (Å²) in [5, 5.41) is 0. The standard InChI is InChI=1S/C64H104O6/c1-4-7-10-13-16-19-22-25-27-29-30-31-32-33-34-35-37-39-42-45-48-51-54-57-63(66)69-60-61(59-68-62(65)56-53-50-47-44-41-38-24-21-18-15-12-9-6-3)70-64(67)58-55-52-49-46-43-40-36-28-26-23-20-17-14-11-8-5-2/h7,10,12,15-16,19-21,23-25,27-28,30-31,33-34,36-37,39,61H,4-6,8-9,11,13-14,17-18,22,26,29,32,35,38,40-60H2,1-3H3/b10-7-,15-12-,19-16-,23-20-,24-21-,27-25-,31-30-,34-33-,36-28-,39-37-. The van der Waals surface area contributed by atoms with Crippen LogP contribution >= 0.6 is 0 Å². The van der Waals surface area contributed by atoms with Gasteiger partial charge in [-0.1, -0.05) is 219 Å². The van der Waals surface area contributed by atoms with E-state index in [1.165, 1.54) is 38.5 Å². The molecule has 0 rings (SSSR count). The zero-order valence-electron chi connectivity index (χ0n) is 45.2. The van der Waals surface area contributed by atoms with Gasteiger partial charge in [-0.15, -0.1) is 0 Å². The van der Waals surface area contributed by atoms with E-state index >= 15 is 0 Å². The first-order chi connectivity index (χ1) is 34.5. The largest absolute Gasteiger partial charge is 0.462 e. The van der Waals surface area contributed by atoms with Crippen LogP contribution in [-0.4, -0.2) is 37.2 Å². The normalized spacial score (nSPS) is 13.0. The van der Waals surface area contributed by atoms with Gasteiger partial charge in [0.05, 0.1) is 0 Å². The van der Waals surface area contributed by atoms with Gasteiger partial charge in [-0.3, -0.25) is 14.4 Å². The van der Waals surface area contributed by atoms with E-state index in [1.54, 1.807) is 0 Å². The first kappa shape index (κ1) is 65.8. The van der Waals surface area contributed by atoms with Crippen molar-refractivity contribution in [2.24, 2.45) is 0 Å². The minimum atomic E-state index is -0.806. The zero-order valence-corrected chi connectivity index (χ0v) is 45.2. The summed E-state index contributed by atoms with van der Waals surface area (Å²) in [5.74, 6) is -0.958. The molecule has 6 nitrogen and oxygen atoms in total. The Morgan fingerprint density at radius 3 is 0.929 bits per heavy atom. The van der Waals surface area contributed by atoms with E-state index in [0.717, 1.165) is 167 Å². The lowest BCUT2D eigenvalue weighted by Gasteiger charge is -2.18. The van der Waals surface area contributed by atoms with Crippen LogP contribution in [0.4, 0.5) is 0 Å². The molecule has 0 aromatic rings. The Morgan fingerprint density at radius 2 is 0.586 bits per heavy atom. The molecule has 0 aliphatic carbocycles. The van der Waals surface area contributed by atoms with Gasteiger partial charge in [0.2, 0.25) is 0 Å². The molecule has 0 aromatic heterocycles. The lowest BCUT2D eigenvalue weighted by molar-refractivity contribution is -0.167. The van der Waals surface area contributed by atoms with Crippen LogP contribution in [0.3, 0.4) is 0 Å². The Bertz CT molecular complexity index is 1490. The molecule has 0 saturated heterocycles. The maximum absolute atomic E-state index is 12.8. The molecular weight excluding hydrogens is 865 g/mol. The number of carbonyl (C=O) groups is 3. The third-order valence-corrected chi connectivity index (χ3v) is 11.7. The van der Waals surface area contributed by atoms with E-state index in [1.807, 2.05) is 0 Å². The first-order valence-electron chi connectivity index (χ1n) is 28.5. The van der Waals surface area contributed by atoms with Crippen LogP contribution in [0.15, 0.2) is 122 Å². The summed E-state index contributed by atoms with van der Waals surface area (Å²) in [7, 11) is 0. The molecule has 0 N–H and O–H groups in total. The van der Waals surface area contributed by atoms with Gasteiger partial charge in [0.1, 0.15) is 13.2 Å². The lowest BCUT2D eigenvalue weighted by Crippen LogP contribution is -2.30. The second-order valence-corrected chi connectivity index (χ2v) is 18.5. The van der Waals surface area contributed by atoms with Gasteiger partial charge in [-0.05, 0) is 128 Å². The van der Waals surface area contributed by atoms with E-state index in [2.05, 4.69) is 142 Å². The van der Waals surface area contributed by atoms with E-state index < -0.39 is 6.10 Å². The molecule has 0 spiro atoms. The molecule has 6 heteroatoms. The number of carbonyl (C=O) groups excluding carboxylic acids is 3. The molecule has 0 amide bonds. The monoisotopic (exact) mass is 969 g/mol. The maximum atomic E-state index is 12.8. The van der Waals surface area contributed by atoms with Gasteiger partial charge in [0, 0.05) is 19.3 Å². The smallest absolute Gasteiger partial charge is 0.306 e. The Balaban J connectivity index is 4.46. The number of hydrogen-bond donors (Lipinski definition) is 0. The van der Waals surface area contributed by atoms with Crippen molar-refractivity contribution in [2.75, 3.05) is 13.2 Å². The Hall–Kier alpha value is -4.19. The van der Waals surface area contributed by atoms with Gasteiger partial charge in [-0.25, -0.2) is 0 Å². The number of unbranched alkanes of at least 4 members (excludes halogenated alkanes) is 19. The molecule has 0 aliphatic heterocycles. The predicted octanol–water partition coefficient (Wildman–Crippen LogP) is 19.3. The summed E-state index contributed by atoms with van der Waals surface area (Å²) in [6.07, 6.45) is 79.0. The highest BCUT2D eigenvalue weighted by Gasteiger charge is 2.19. The van der Waals surface area contributed by atoms with Crippen molar-refractivity contribution < 1.29 is 28.6 Å². The van der Waals surface area contributed by atoms with Crippen LogP contribution in [0, 0.1) is 0 Å². The van der Waals surface area contributed by atoms with Gasteiger partial charge >= 0.3 is 17.9 Å². The fraction of sp³-hybridized carbons (Fsp3) is 0.641. The average Bonchev–Trinajstić information content (AvgIpc) is 3.36. The summed E-state index contributed by atoms with van der Waals surface area (Å²) in [4.78, 5) is 38.1. The molecule has 0 radical (unpaired) electrons. The third-order valence-electron chi connectivity index (χ3n) is 11.7. The van der Waals surface area contributed by atoms with Gasteiger partial charge in [0.15, 0.2) is 6.10 Å². The summed E-state index contributed by atoms with van der Waals surface area (Å²) >= 11 is 0. The van der Waals surface area contributed by atoms with Crippen LogP contribution in [0.5, 0.6) is 0 Å². The summed E-state index contributed by atoms with van der Waals surface area (Å²) in [6, 6.07) is 0. The third kappa shape index (κ3) is 54.7. The van der Waals surface area contributed by atoms with Gasteiger partial charge < -0.3 is 14.2 Å². The van der Waals surface area contributed by atoms with Crippen molar-refractivity contribution in [3.05, 3.63) is 122 Å². The minimum Gasteiger partial charge on any atom is -0.462 e. The number of esters is 3. The summed E-state index contributed by atoms with van der Waals surface area (Å²) in [5.41, 5.74) is 0. The van der Waals surface area contributed by atoms with Crippen molar-refractivity contribution in [2.45, 2.75) is 252 Å². The van der Waals surface area contributed by atoms with Crippen molar-refractivity contribution in [1.82, 2.24) is 0 Å². The van der Waals surface area contributed by atoms with Crippen molar-refractivity contribution in [3.8, 4) is 0 Å². The van der Waals surface area contributed by atoms with Crippen LogP contribution in [-0.2, 0) is 28.6 Å². The number of hydrogen-bond acceptors (Lipinski definition) is 6. The Kier molecular flexibility index (Phi) is 54.0. The maximum Gasteiger partial charge on any atom is 0.306 e. The molecule has 0 fully saturated rings. The number of rotatable bonds is 50. The van der Waals surface area contributed by atoms with E-state index in [-0.39, 0.29) is 31.1 Å². The molecule has 0 bridgehead atoms. The van der Waals surface area contributed by atoms with Crippen molar-refractivity contribution >= 4 is 17.9 Å². The van der Waals surface area contributed by atoms with E-state index in [4.69, 9.17) is 14.2 Å². The average molecular weight is 970 g/mol. The van der Waals surface area contributed by atoms with Crippen molar-refractivity contribution in [1.29, 1.82) is 0 Å². The van der Waals surface area contributed by atoms with Gasteiger partial charge in [-0.2, -0.15) is 0 Å². The number of allylic oxidation sites excluding steroid dienone is 20. The SMILES string of the molecule is CC/C=C\C/C=C\C/C=C\C/C=C\C/C=C\C/C=C\CCCCCCC(=O)OCC(COC(=O)CCCCCCC/C=C\C/C=C\CCC)OC(=O)CCCCCCC/C=C\C/C=C\CCCCCC. The lowest BCUT2D eigenvalue weighted by atomic mass is 10.1. The van der Waals surface area contributed by atoms with Crippen molar-refractivity contribution in [3.63, 3.8) is 0 Å². The predicted molar refractivity (Wildman–Crippen MR) is 302 cm³/mol. The summed E-state index contributed by atoms with van der Waals surface area (Å²) < 4.78 is 16.8. The highest BCUT2D eigenvalue weighted by atomic mass is 16.6. The fourth-order valence-electron chi connectivity index (χ4n) is 7.39. The molecule has 0 heterocycles. The highest BCUT2D eigenvalue weighted by molar-refractivity contribution is 5.71. The van der Waals surface area contributed by atoms with E-state index in [0.29, 0.717) is 19.3 Å².